The van der Waals surface area contributed by atoms with E-state index < -0.39 is 35.0 Å². The van der Waals surface area contributed by atoms with Crippen molar-refractivity contribution >= 4 is 17.7 Å². The molecular weight excluding hydrogens is 268 g/mol. The fourth-order valence-electron chi connectivity index (χ4n) is 1.82. The molecule has 1 aromatic heterocycles. The monoisotopic (exact) mass is 280 g/mol. The van der Waals surface area contributed by atoms with Crippen LogP contribution in [0.3, 0.4) is 0 Å². The van der Waals surface area contributed by atoms with Gasteiger partial charge in [0, 0.05) is 12.3 Å². The maximum Gasteiger partial charge on any atom is 0.328 e. The smallest absolute Gasteiger partial charge is 0.320 e. The van der Waals surface area contributed by atoms with Gasteiger partial charge in [0.2, 0.25) is 17.7 Å². The summed E-state index contributed by atoms with van der Waals surface area (Å²) in [6.45, 7) is 0.875. The van der Waals surface area contributed by atoms with Gasteiger partial charge in [-0.15, -0.1) is 0 Å². The molecule has 0 aromatic carbocycles. The summed E-state index contributed by atoms with van der Waals surface area (Å²) in [5.74, 6) is -1.70. The van der Waals surface area contributed by atoms with E-state index in [2.05, 4.69) is 5.32 Å². The SMILES string of the molecule is CC1C(=O)NC(=O)CN1C(=O)Cn1ccc(=O)[nH]c1=O. The summed E-state index contributed by atoms with van der Waals surface area (Å²) in [5.41, 5.74) is -1.30. The molecule has 2 heterocycles. The van der Waals surface area contributed by atoms with Crippen molar-refractivity contribution in [3.8, 4) is 0 Å². The predicted octanol–water partition coefficient (Wildman–Crippen LogP) is -2.59. The lowest BCUT2D eigenvalue weighted by Gasteiger charge is -2.31. The van der Waals surface area contributed by atoms with Crippen molar-refractivity contribution in [3.63, 3.8) is 0 Å². The second kappa shape index (κ2) is 5.11. The van der Waals surface area contributed by atoms with Crippen molar-refractivity contribution in [1.82, 2.24) is 19.8 Å². The Morgan fingerprint density at radius 2 is 2.05 bits per heavy atom. The van der Waals surface area contributed by atoms with Gasteiger partial charge >= 0.3 is 5.69 Å². The van der Waals surface area contributed by atoms with Crippen LogP contribution in [0.15, 0.2) is 21.9 Å². The first kappa shape index (κ1) is 13.7. The van der Waals surface area contributed by atoms with E-state index in [0.717, 1.165) is 15.5 Å². The van der Waals surface area contributed by atoms with Crippen LogP contribution in [0.4, 0.5) is 0 Å². The zero-order valence-electron chi connectivity index (χ0n) is 10.6. The zero-order chi connectivity index (χ0) is 14.9. The van der Waals surface area contributed by atoms with Crippen LogP contribution in [0.2, 0.25) is 0 Å². The van der Waals surface area contributed by atoms with Gasteiger partial charge in [-0.3, -0.25) is 34.0 Å². The predicted molar refractivity (Wildman–Crippen MR) is 65.6 cm³/mol. The highest BCUT2D eigenvalue weighted by Gasteiger charge is 2.33. The molecule has 2 N–H and O–H groups in total. The van der Waals surface area contributed by atoms with Gasteiger partial charge in [0.25, 0.3) is 5.56 Å². The molecule has 1 unspecified atom stereocenters. The molecule has 1 aromatic rings. The Bertz CT molecular complexity index is 689. The van der Waals surface area contributed by atoms with Crippen molar-refractivity contribution in [2.75, 3.05) is 6.54 Å². The van der Waals surface area contributed by atoms with E-state index in [-0.39, 0.29) is 13.1 Å². The molecular formula is C11H12N4O5. The van der Waals surface area contributed by atoms with Crippen molar-refractivity contribution < 1.29 is 14.4 Å². The summed E-state index contributed by atoms with van der Waals surface area (Å²) in [6.07, 6.45) is 1.18. The number of hydrogen-bond acceptors (Lipinski definition) is 5. The van der Waals surface area contributed by atoms with Crippen LogP contribution in [-0.2, 0) is 20.9 Å². The Hall–Kier alpha value is -2.71. The lowest BCUT2D eigenvalue weighted by Crippen LogP contribution is -2.59. The Kier molecular flexibility index (Phi) is 3.51. The maximum atomic E-state index is 12.0. The number of rotatable bonds is 2. The second-order valence-corrected chi connectivity index (χ2v) is 4.35. The van der Waals surface area contributed by atoms with Gasteiger partial charge < -0.3 is 4.90 Å². The maximum absolute atomic E-state index is 12.0. The summed E-state index contributed by atoms with van der Waals surface area (Å²) in [4.78, 5) is 60.2. The number of piperazine rings is 1. The van der Waals surface area contributed by atoms with Crippen LogP contribution in [0.5, 0.6) is 0 Å². The van der Waals surface area contributed by atoms with Crippen molar-refractivity contribution in [1.29, 1.82) is 0 Å². The number of aromatic nitrogens is 2. The fraction of sp³-hybridized carbons (Fsp3) is 0.364. The molecule has 2 rings (SSSR count). The van der Waals surface area contributed by atoms with Gasteiger partial charge in [-0.25, -0.2) is 4.79 Å². The number of H-pyrrole nitrogens is 1. The summed E-state index contributed by atoms with van der Waals surface area (Å²) in [7, 11) is 0. The van der Waals surface area contributed by atoms with E-state index >= 15 is 0 Å². The number of carbonyl (C=O) groups excluding carboxylic acids is 3. The fourth-order valence-corrected chi connectivity index (χ4v) is 1.82. The lowest BCUT2D eigenvalue weighted by atomic mass is 10.2. The minimum atomic E-state index is -0.793. The Labute approximate surface area is 112 Å². The topological polar surface area (TPSA) is 121 Å². The van der Waals surface area contributed by atoms with Crippen LogP contribution >= 0.6 is 0 Å². The van der Waals surface area contributed by atoms with Gasteiger partial charge in [-0.05, 0) is 6.92 Å². The first-order valence-electron chi connectivity index (χ1n) is 5.81. The molecule has 9 heteroatoms. The van der Waals surface area contributed by atoms with Crippen molar-refractivity contribution in [3.05, 3.63) is 33.1 Å². The first-order valence-corrected chi connectivity index (χ1v) is 5.81. The second-order valence-electron chi connectivity index (χ2n) is 4.35. The standard InChI is InChI=1S/C11H12N4O5/c1-6-10(19)12-8(17)4-15(6)9(18)5-14-3-2-7(16)13-11(14)20/h2-3,6H,4-5H2,1H3,(H,12,17,19)(H,13,16,20). The molecule has 0 saturated carbocycles. The van der Waals surface area contributed by atoms with E-state index in [1.165, 1.54) is 13.1 Å². The summed E-state index contributed by atoms with van der Waals surface area (Å²) in [5, 5.41) is 2.11. The van der Waals surface area contributed by atoms with Crippen LogP contribution in [-0.4, -0.2) is 44.8 Å². The summed E-state index contributed by atoms with van der Waals surface area (Å²) in [6, 6.07) is 0.310. The number of nitrogens with zero attached hydrogens (tertiary/aromatic N) is 2. The highest BCUT2D eigenvalue weighted by molar-refractivity contribution is 6.04. The molecule has 0 radical (unpaired) electrons. The minimum Gasteiger partial charge on any atom is -0.320 e. The van der Waals surface area contributed by atoms with Crippen molar-refractivity contribution in [2.24, 2.45) is 0 Å². The van der Waals surface area contributed by atoms with E-state index in [1.54, 1.807) is 0 Å². The third-order valence-electron chi connectivity index (χ3n) is 2.95. The number of aromatic amines is 1. The van der Waals surface area contributed by atoms with Crippen LogP contribution < -0.4 is 16.6 Å². The normalized spacial score (nSPS) is 18.9. The Morgan fingerprint density at radius 3 is 2.70 bits per heavy atom. The lowest BCUT2D eigenvalue weighted by molar-refractivity contribution is -0.149. The zero-order valence-corrected chi connectivity index (χ0v) is 10.6. The molecule has 20 heavy (non-hydrogen) atoms. The highest BCUT2D eigenvalue weighted by Crippen LogP contribution is 2.05. The molecule has 1 aliphatic heterocycles. The number of hydrogen-bond donors (Lipinski definition) is 2. The average molecular weight is 280 g/mol. The van der Waals surface area contributed by atoms with Gasteiger partial charge in [0.15, 0.2) is 0 Å². The molecule has 1 aliphatic rings. The van der Waals surface area contributed by atoms with Crippen LogP contribution in [0.1, 0.15) is 6.92 Å². The number of nitrogens with one attached hydrogen (secondary N) is 2. The molecule has 0 aliphatic carbocycles. The third-order valence-corrected chi connectivity index (χ3v) is 2.95. The van der Waals surface area contributed by atoms with Gasteiger partial charge in [-0.2, -0.15) is 0 Å². The average Bonchev–Trinajstić information content (AvgIpc) is 2.37. The molecule has 1 saturated heterocycles. The quantitative estimate of drug-likeness (QED) is 0.576. The first-order chi connectivity index (χ1) is 9.38. The number of carbonyl (C=O) groups is 3. The minimum absolute atomic E-state index is 0.246. The van der Waals surface area contributed by atoms with E-state index in [9.17, 15) is 24.0 Å². The summed E-state index contributed by atoms with van der Waals surface area (Å²) >= 11 is 0. The molecule has 9 nitrogen and oxygen atoms in total. The van der Waals surface area contributed by atoms with Crippen LogP contribution in [0, 0.1) is 0 Å². The highest BCUT2D eigenvalue weighted by atomic mass is 16.2. The number of imide groups is 1. The Morgan fingerprint density at radius 1 is 1.35 bits per heavy atom. The van der Waals surface area contributed by atoms with E-state index in [1.807, 2.05) is 4.98 Å². The molecule has 1 fully saturated rings. The van der Waals surface area contributed by atoms with Gasteiger partial charge in [0.1, 0.15) is 19.1 Å². The molecule has 0 spiro atoms. The molecule has 3 amide bonds. The number of amides is 3. The summed E-state index contributed by atoms with van der Waals surface area (Å²) < 4.78 is 0.993. The molecule has 1 atom stereocenters. The molecule has 106 valence electrons. The van der Waals surface area contributed by atoms with Crippen molar-refractivity contribution in [2.45, 2.75) is 19.5 Å². The molecule has 0 bridgehead atoms. The largest absolute Gasteiger partial charge is 0.328 e. The van der Waals surface area contributed by atoms with Gasteiger partial charge in [0.05, 0.1) is 0 Å². The van der Waals surface area contributed by atoms with E-state index in [0.29, 0.717) is 0 Å². The van der Waals surface area contributed by atoms with E-state index in [4.69, 9.17) is 0 Å². The Balaban J connectivity index is 2.19. The van der Waals surface area contributed by atoms with Gasteiger partial charge in [-0.1, -0.05) is 0 Å². The van der Waals surface area contributed by atoms with Crippen LogP contribution in [0.25, 0.3) is 0 Å². The third kappa shape index (κ3) is 2.66.